The van der Waals surface area contributed by atoms with Crippen molar-refractivity contribution in [2.75, 3.05) is 18.1 Å². The summed E-state index contributed by atoms with van der Waals surface area (Å²) in [4.78, 5) is 3.52. The van der Waals surface area contributed by atoms with Crippen molar-refractivity contribution in [2.24, 2.45) is 0 Å². The molecule has 0 saturated heterocycles. The molecular weight excluding hydrogens is 257 g/mol. The lowest BCUT2D eigenvalue weighted by Crippen LogP contribution is -2.17. The molecule has 1 heterocycles. The predicted molar refractivity (Wildman–Crippen MR) is 61.1 cm³/mol. The second-order valence-electron chi connectivity index (χ2n) is 3.78. The number of aromatic nitrogens is 1. The fourth-order valence-corrected chi connectivity index (χ4v) is 2.76. The maximum absolute atomic E-state index is 12.3. The van der Waals surface area contributed by atoms with Crippen LogP contribution in [0, 0.1) is 0 Å². The van der Waals surface area contributed by atoms with E-state index in [-0.39, 0.29) is 4.75 Å². The minimum Gasteiger partial charge on any atom is -0.360 e. The lowest BCUT2D eigenvalue weighted by atomic mass is 10.4. The van der Waals surface area contributed by atoms with Crippen molar-refractivity contribution in [2.45, 2.75) is 23.8 Å². The Morgan fingerprint density at radius 1 is 1.56 bits per heavy atom. The Balaban J connectivity index is 1.93. The van der Waals surface area contributed by atoms with Gasteiger partial charge in [0.05, 0.1) is 0 Å². The molecule has 0 amide bonds. The number of nitrogens with zero attached hydrogens (tertiary/aromatic N) is 1. The van der Waals surface area contributed by atoms with E-state index >= 15 is 0 Å². The molecule has 16 heavy (non-hydrogen) atoms. The molecule has 1 aromatic rings. The van der Waals surface area contributed by atoms with E-state index in [0.29, 0.717) is 11.7 Å². The van der Waals surface area contributed by atoms with Gasteiger partial charge in [-0.25, -0.2) is 4.98 Å². The van der Waals surface area contributed by atoms with E-state index in [1.54, 1.807) is 11.8 Å². The molecule has 0 atom stereocenters. The number of hydrogen-bond acceptors (Lipinski definition) is 4. The van der Waals surface area contributed by atoms with Gasteiger partial charge < -0.3 is 5.32 Å². The van der Waals surface area contributed by atoms with E-state index in [0.717, 1.165) is 29.6 Å². The molecule has 1 fully saturated rings. The number of halogens is 3. The van der Waals surface area contributed by atoms with Crippen LogP contribution in [-0.4, -0.2) is 22.5 Å². The monoisotopic (exact) mass is 268 g/mol. The summed E-state index contributed by atoms with van der Waals surface area (Å²) in [5.74, 6) is 0. The molecule has 0 aliphatic heterocycles. The van der Waals surface area contributed by atoms with Crippen molar-refractivity contribution < 1.29 is 13.2 Å². The Hall–Kier alpha value is -0.430. The van der Waals surface area contributed by atoms with Crippen LogP contribution in [0.15, 0.2) is 5.38 Å². The number of alkyl halides is 3. The fraction of sp³-hybridized carbons (Fsp3) is 0.667. The first-order valence-corrected chi connectivity index (χ1v) is 6.87. The van der Waals surface area contributed by atoms with Gasteiger partial charge in [-0.15, -0.1) is 11.3 Å². The van der Waals surface area contributed by atoms with Crippen LogP contribution >= 0.6 is 23.1 Å². The Labute approximate surface area is 99.6 Å². The maximum atomic E-state index is 12.3. The zero-order valence-corrected chi connectivity index (χ0v) is 10.2. The quantitative estimate of drug-likeness (QED) is 0.905. The lowest BCUT2D eigenvalue weighted by Gasteiger charge is -2.11. The first kappa shape index (κ1) is 12.0. The summed E-state index contributed by atoms with van der Waals surface area (Å²) < 4.78 is 37.0. The minimum atomic E-state index is -4.34. The Kier molecular flexibility index (Phi) is 3.09. The lowest BCUT2D eigenvalue weighted by molar-refractivity contribution is -0.140. The third kappa shape index (κ3) is 2.63. The van der Waals surface area contributed by atoms with Crippen LogP contribution in [0.1, 0.15) is 18.5 Å². The Morgan fingerprint density at radius 3 is 2.69 bits per heavy atom. The maximum Gasteiger partial charge on any atom is 0.434 e. The number of nitrogens with one attached hydrogen (secondary N) is 1. The second-order valence-corrected chi connectivity index (χ2v) is 5.91. The molecule has 1 aliphatic carbocycles. The van der Waals surface area contributed by atoms with E-state index < -0.39 is 11.9 Å². The van der Waals surface area contributed by atoms with E-state index in [2.05, 4.69) is 10.3 Å². The first-order chi connectivity index (χ1) is 7.45. The second kappa shape index (κ2) is 4.10. The summed E-state index contributed by atoms with van der Waals surface area (Å²) in [6, 6.07) is 0. The SMILES string of the molecule is CSC1(CNc2nc(C(F)(F)F)cs2)CC1. The van der Waals surface area contributed by atoms with E-state index in [1.807, 2.05) is 6.26 Å². The van der Waals surface area contributed by atoms with Gasteiger partial charge in [0.1, 0.15) is 0 Å². The van der Waals surface area contributed by atoms with Gasteiger partial charge in [0.2, 0.25) is 0 Å². The molecule has 2 nitrogen and oxygen atoms in total. The third-order valence-electron chi connectivity index (χ3n) is 2.60. The summed E-state index contributed by atoms with van der Waals surface area (Å²) in [5.41, 5.74) is -0.811. The van der Waals surface area contributed by atoms with Crippen molar-refractivity contribution in [3.8, 4) is 0 Å². The number of thioether (sulfide) groups is 1. The molecule has 0 unspecified atom stereocenters. The average Bonchev–Trinajstić information content (AvgIpc) is 2.83. The smallest absolute Gasteiger partial charge is 0.360 e. The van der Waals surface area contributed by atoms with Gasteiger partial charge in [-0.3, -0.25) is 0 Å². The molecule has 0 bridgehead atoms. The first-order valence-electron chi connectivity index (χ1n) is 4.77. The minimum absolute atomic E-state index is 0.226. The molecule has 0 aromatic carbocycles. The van der Waals surface area contributed by atoms with E-state index in [4.69, 9.17) is 0 Å². The van der Waals surface area contributed by atoms with Crippen LogP contribution in [-0.2, 0) is 6.18 Å². The number of hydrogen-bond donors (Lipinski definition) is 1. The Morgan fingerprint density at radius 2 is 2.25 bits per heavy atom. The molecule has 1 aromatic heterocycles. The molecule has 90 valence electrons. The topological polar surface area (TPSA) is 24.9 Å². The molecule has 1 N–H and O–H groups in total. The summed E-state index contributed by atoms with van der Waals surface area (Å²) in [6.45, 7) is 0.693. The summed E-state index contributed by atoms with van der Waals surface area (Å²) in [7, 11) is 0. The standard InChI is InChI=1S/C9H11F3N2S2/c1-15-8(2-3-8)5-13-7-14-6(4-16-7)9(10,11)12/h4H,2-3,5H2,1H3,(H,13,14). The molecule has 1 aliphatic rings. The number of thiazole rings is 1. The largest absolute Gasteiger partial charge is 0.434 e. The highest BCUT2D eigenvalue weighted by molar-refractivity contribution is 8.00. The van der Waals surface area contributed by atoms with Crippen LogP contribution in [0.3, 0.4) is 0 Å². The van der Waals surface area contributed by atoms with Crippen LogP contribution in [0.25, 0.3) is 0 Å². The van der Waals surface area contributed by atoms with Gasteiger partial charge in [0.15, 0.2) is 10.8 Å². The summed E-state index contributed by atoms with van der Waals surface area (Å²) in [5, 5.41) is 4.37. The van der Waals surface area contributed by atoms with Gasteiger partial charge in [-0.05, 0) is 19.1 Å². The number of anilines is 1. The van der Waals surface area contributed by atoms with Crippen LogP contribution < -0.4 is 5.32 Å². The van der Waals surface area contributed by atoms with Crippen LogP contribution in [0.2, 0.25) is 0 Å². The van der Waals surface area contributed by atoms with Gasteiger partial charge >= 0.3 is 6.18 Å². The van der Waals surface area contributed by atoms with E-state index in [9.17, 15) is 13.2 Å². The van der Waals surface area contributed by atoms with Crippen LogP contribution in [0.4, 0.5) is 18.3 Å². The van der Waals surface area contributed by atoms with Gasteiger partial charge in [-0.2, -0.15) is 24.9 Å². The molecular formula is C9H11F3N2S2. The van der Waals surface area contributed by atoms with Gasteiger partial charge in [0, 0.05) is 16.7 Å². The third-order valence-corrected chi connectivity index (χ3v) is 4.82. The molecule has 2 rings (SSSR count). The fourth-order valence-electron chi connectivity index (χ4n) is 1.31. The predicted octanol–water partition coefficient (Wildman–Crippen LogP) is 3.47. The molecule has 0 spiro atoms. The normalized spacial score (nSPS) is 18.5. The van der Waals surface area contributed by atoms with Crippen molar-refractivity contribution >= 4 is 28.2 Å². The average molecular weight is 268 g/mol. The zero-order chi connectivity index (χ0) is 11.8. The summed E-state index contributed by atoms with van der Waals surface area (Å²) >= 11 is 2.77. The van der Waals surface area contributed by atoms with E-state index in [1.165, 1.54) is 0 Å². The van der Waals surface area contributed by atoms with Gasteiger partial charge in [0.25, 0.3) is 0 Å². The van der Waals surface area contributed by atoms with Crippen molar-refractivity contribution in [3.05, 3.63) is 11.1 Å². The van der Waals surface area contributed by atoms with Crippen LogP contribution in [0.5, 0.6) is 0 Å². The highest BCUT2D eigenvalue weighted by atomic mass is 32.2. The van der Waals surface area contributed by atoms with Gasteiger partial charge in [-0.1, -0.05) is 0 Å². The molecule has 1 saturated carbocycles. The molecule has 7 heteroatoms. The Bertz CT molecular complexity index is 371. The van der Waals surface area contributed by atoms with Crippen molar-refractivity contribution in [1.82, 2.24) is 4.98 Å². The highest BCUT2D eigenvalue weighted by Crippen LogP contribution is 2.47. The van der Waals surface area contributed by atoms with Crippen molar-refractivity contribution in [3.63, 3.8) is 0 Å². The zero-order valence-electron chi connectivity index (χ0n) is 8.60. The molecule has 0 radical (unpaired) electrons. The van der Waals surface area contributed by atoms with Crippen molar-refractivity contribution in [1.29, 1.82) is 0 Å². The number of rotatable bonds is 4. The highest BCUT2D eigenvalue weighted by Gasteiger charge is 2.42. The summed E-state index contributed by atoms with van der Waals surface area (Å²) in [6.07, 6.45) is -0.0672.